The van der Waals surface area contributed by atoms with Crippen LogP contribution in [0.15, 0.2) is 30.6 Å². The summed E-state index contributed by atoms with van der Waals surface area (Å²) in [5, 5.41) is 14.8. The topological polar surface area (TPSA) is 78.5 Å². The number of nitrogens with zero attached hydrogens (tertiary/aromatic N) is 1. The summed E-state index contributed by atoms with van der Waals surface area (Å²) in [7, 11) is 2.00. The summed E-state index contributed by atoms with van der Waals surface area (Å²) >= 11 is 0. The van der Waals surface area contributed by atoms with Crippen LogP contribution in [0.3, 0.4) is 0 Å². The van der Waals surface area contributed by atoms with Crippen LogP contribution in [0.4, 0.5) is 0 Å². The van der Waals surface area contributed by atoms with Crippen molar-refractivity contribution in [1.29, 1.82) is 0 Å². The third-order valence-electron chi connectivity index (χ3n) is 1.05. The molecule has 0 atom stereocenters. The van der Waals surface area contributed by atoms with Gasteiger partial charge in [0.25, 0.3) is 0 Å². The zero-order valence-electron chi connectivity index (χ0n) is 7.04. The fraction of sp³-hybridized carbons (Fsp3) is 0.125. The van der Waals surface area contributed by atoms with Gasteiger partial charge in [-0.1, -0.05) is 6.07 Å². The Morgan fingerprint density at radius 2 is 1.38 bits per heavy atom. The van der Waals surface area contributed by atoms with E-state index in [0.29, 0.717) is 0 Å². The van der Waals surface area contributed by atoms with E-state index in [2.05, 4.69) is 0 Å². The van der Waals surface area contributed by atoms with Crippen molar-refractivity contribution in [2.75, 3.05) is 0 Å². The van der Waals surface area contributed by atoms with Gasteiger partial charge in [0.2, 0.25) is 0 Å². The van der Waals surface area contributed by atoms with Crippen molar-refractivity contribution in [3.8, 4) is 0 Å². The molecule has 0 saturated heterocycles. The summed E-state index contributed by atoms with van der Waals surface area (Å²) < 4.78 is 2.00. The molecule has 0 saturated carbocycles. The average molecular weight is 184 g/mol. The lowest BCUT2D eigenvalue weighted by molar-refractivity contribution is -0.671. The highest BCUT2D eigenvalue weighted by Crippen LogP contribution is 1.71. The second kappa shape index (κ2) is 5.70. The fourth-order valence-corrected chi connectivity index (χ4v) is 0.485. The van der Waals surface area contributed by atoms with E-state index >= 15 is 0 Å². The molecule has 70 valence electrons. The lowest BCUT2D eigenvalue weighted by Gasteiger charge is -1.77. The lowest BCUT2D eigenvalue weighted by atomic mass is 10.5. The molecule has 0 radical (unpaired) electrons. The standard InChI is InChI=1S/C6H8N.C2H2O4/c1-7-5-3-2-4-6-7;3-1(4)2(5)6/h2-6H,1H3;(H,3,4)(H,5,6)/q+1;. The zero-order valence-corrected chi connectivity index (χ0v) is 7.04. The van der Waals surface area contributed by atoms with E-state index in [4.69, 9.17) is 19.8 Å². The summed E-state index contributed by atoms with van der Waals surface area (Å²) in [6.07, 6.45) is 4.00. The molecule has 1 heterocycles. The first-order valence-corrected chi connectivity index (χ1v) is 3.40. The summed E-state index contributed by atoms with van der Waals surface area (Å²) in [6, 6.07) is 6.00. The molecule has 13 heavy (non-hydrogen) atoms. The Labute approximate surface area is 74.9 Å². The van der Waals surface area contributed by atoms with Gasteiger partial charge in [-0.2, -0.15) is 0 Å². The van der Waals surface area contributed by atoms with E-state index in [1.807, 2.05) is 42.2 Å². The minimum Gasteiger partial charge on any atom is -0.473 e. The largest absolute Gasteiger partial charge is 0.473 e. The van der Waals surface area contributed by atoms with Gasteiger partial charge in [0.05, 0.1) is 0 Å². The smallest absolute Gasteiger partial charge is 0.414 e. The van der Waals surface area contributed by atoms with E-state index in [1.165, 1.54) is 0 Å². The molecule has 2 N–H and O–H groups in total. The molecule has 0 fully saturated rings. The minimum absolute atomic E-state index is 1.82. The predicted molar refractivity (Wildman–Crippen MR) is 42.9 cm³/mol. The normalized spacial score (nSPS) is 8.08. The van der Waals surface area contributed by atoms with Crippen LogP contribution in [-0.4, -0.2) is 22.2 Å². The minimum atomic E-state index is -1.82. The third-order valence-corrected chi connectivity index (χ3v) is 1.05. The molecule has 0 aliphatic carbocycles. The summed E-state index contributed by atoms with van der Waals surface area (Å²) in [4.78, 5) is 18.2. The lowest BCUT2D eigenvalue weighted by Crippen LogP contribution is -2.25. The summed E-state index contributed by atoms with van der Waals surface area (Å²) in [5.41, 5.74) is 0. The maximum atomic E-state index is 9.10. The number of carbonyl (C=O) groups is 2. The Hall–Kier alpha value is -1.91. The first-order chi connectivity index (χ1) is 6.04. The van der Waals surface area contributed by atoms with E-state index in [-0.39, 0.29) is 0 Å². The number of aromatic nitrogens is 1. The molecule has 0 unspecified atom stereocenters. The SMILES string of the molecule is C[n+]1ccccc1.O=C(O)C(=O)O. The molecule has 0 amide bonds. The van der Waals surface area contributed by atoms with Crippen molar-refractivity contribution in [3.63, 3.8) is 0 Å². The van der Waals surface area contributed by atoms with Crippen LogP contribution in [0.5, 0.6) is 0 Å². The first-order valence-electron chi connectivity index (χ1n) is 3.40. The van der Waals surface area contributed by atoms with Crippen LogP contribution in [0.1, 0.15) is 0 Å². The van der Waals surface area contributed by atoms with Gasteiger partial charge in [0.15, 0.2) is 12.4 Å². The van der Waals surface area contributed by atoms with Gasteiger partial charge in [0.1, 0.15) is 7.05 Å². The van der Waals surface area contributed by atoms with Gasteiger partial charge in [-0.05, 0) is 0 Å². The second-order valence-electron chi connectivity index (χ2n) is 2.15. The molecule has 5 nitrogen and oxygen atoms in total. The van der Waals surface area contributed by atoms with Gasteiger partial charge < -0.3 is 10.2 Å². The monoisotopic (exact) mass is 184 g/mol. The van der Waals surface area contributed by atoms with Crippen molar-refractivity contribution in [2.24, 2.45) is 7.05 Å². The van der Waals surface area contributed by atoms with E-state index in [1.54, 1.807) is 0 Å². The van der Waals surface area contributed by atoms with Gasteiger partial charge in [0, 0.05) is 12.1 Å². The molecule has 5 heteroatoms. The van der Waals surface area contributed by atoms with Crippen LogP contribution >= 0.6 is 0 Å². The highest BCUT2D eigenvalue weighted by Gasteiger charge is 2.04. The molecule has 0 bridgehead atoms. The molecular weight excluding hydrogens is 174 g/mol. The van der Waals surface area contributed by atoms with Crippen molar-refractivity contribution in [1.82, 2.24) is 0 Å². The van der Waals surface area contributed by atoms with Crippen molar-refractivity contribution in [3.05, 3.63) is 30.6 Å². The highest BCUT2D eigenvalue weighted by atomic mass is 16.4. The van der Waals surface area contributed by atoms with Crippen molar-refractivity contribution in [2.45, 2.75) is 0 Å². The molecular formula is C8H10NO4+. The maximum Gasteiger partial charge on any atom is 0.414 e. The molecule has 0 spiro atoms. The number of carboxylic acids is 2. The van der Waals surface area contributed by atoms with Gasteiger partial charge in [-0.15, -0.1) is 0 Å². The fourth-order valence-electron chi connectivity index (χ4n) is 0.485. The van der Waals surface area contributed by atoms with Gasteiger partial charge in [-0.3, -0.25) is 0 Å². The summed E-state index contributed by atoms with van der Waals surface area (Å²) in [5.74, 6) is -3.65. The number of hydrogen-bond donors (Lipinski definition) is 2. The molecule has 0 aliphatic heterocycles. The molecule has 1 rings (SSSR count). The predicted octanol–water partition coefficient (Wildman–Crippen LogP) is -0.333. The van der Waals surface area contributed by atoms with Gasteiger partial charge in [-0.25, -0.2) is 14.2 Å². The molecule has 0 aliphatic rings. The third kappa shape index (κ3) is 6.49. The number of aliphatic carboxylic acids is 2. The van der Waals surface area contributed by atoms with Crippen LogP contribution in [-0.2, 0) is 16.6 Å². The Morgan fingerprint density at radius 1 is 1.00 bits per heavy atom. The van der Waals surface area contributed by atoms with Crippen molar-refractivity contribution >= 4 is 11.9 Å². The van der Waals surface area contributed by atoms with Crippen molar-refractivity contribution < 1.29 is 24.4 Å². The maximum absolute atomic E-state index is 9.10. The number of carboxylic acid groups (broad SMARTS) is 2. The first kappa shape index (κ1) is 11.1. The van der Waals surface area contributed by atoms with E-state index < -0.39 is 11.9 Å². The average Bonchev–Trinajstić information content (AvgIpc) is 2.06. The van der Waals surface area contributed by atoms with Crippen LogP contribution in [0.25, 0.3) is 0 Å². The van der Waals surface area contributed by atoms with E-state index in [0.717, 1.165) is 0 Å². The van der Waals surface area contributed by atoms with Crippen LogP contribution in [0.2, 0.25) is 0 Å². The summed E-state index contributed by atoms with van der Waals surface area (Å²) in [6.45, 7) is 0. The van der Waals surface area contributed by atoms with Crippen LogP contribution < -0.4 is 4.57 Å². The Morgan fingerprint density at radius 3 is 1.54 bits per heavy atom. The number of rotatable bonds is 0. The molecule has 0 aromatic carbocycles. The Kier molecular flexibility index (Phi) is 4.87. The zero-order chi connectivity index (χ0) is 10.3. The number of hydrogen-bond acceptors (Lipinski definition) is 2. The quantitative estimate of drug-likeness (QED) is 0.427. The highest BCUT2D eigenvalue weighted by molar-refractivity contribution is 6.27. The van der Waals surface area contributed by atoms with E-state index in [9.17, 15) is 0 Å². The molecule has 1 aromatic heterocycles. The Bertz CT molecular complexity index is 271. The number of aryl methyl sites for hydroxylation is 1. The van der Waals surface area contributed by atoms with Gasteiger partial charge >= 0.3 is 11.9 Å². The second-order valence-corrected chi connectivity index (χ2v) is 2.15. The molecule has 1 aromatic rings. The number of pyridine rings is 1. The Balaban J connectivity index is 0.000000226. The van der Waals surface area contributed by atoms with Crippen LogP contribution in [0, 0.1) is 0 Å².